The van der Waals surface area contributed by atoms with Gasteiger partial charge in [-0.05, 0) is 13.8 Å². The highest BCUT2D eigenvalue weighted by molar-refractivity contribution is 5.90. The molecule has 0 saturated carbocycles. The number of alkyl halides is 9. The molecule has 0 aliphatic carbocycles. The van der Waals surface area contributed by atoms with E-state index < -0.39 is 66.7 Å². The topological polar surface area (TPSA) is 78.9 Å². The van der Waals surface area contributed by atoms with Gasteiger partial charge < -0.3 is 14.2 Å². The van der Waals surface area contributed by atoms with Crippen LogP contribution in [0.25, 0.3) is 0 Å². The lowest BCUT2D eigenvalue weighted by Crippen LogP contribution is -2.48. The molecule has 0 aromatic rings. The summed E-state index contributed by atoms with van der Waals surface area (Å²) in [6, 6.07) is 0. The van der Waals surface area contributed by atoms with Crippen LogP contribution in [0.3, 0.4) is 0 Å². The van der Waals surface area contributed by atoms with E-state index in [9.17, 15) is 53.9 Å². The minimum atomic E-state index is -6.12. The molecule has 0 fully saturated rings. The van der Waals surface area contributed by atoms with Crippen LogP contribution in [0.1, 0.15) is 20.3 Å². The molecule has 168 valence electrons. The highest BCUT2D eigenvalue weighted by Crippen LogP contribution is 2.36. The predicted molar refractivity (Wildman–Crippen MR) is 72.9 cm³/mol. The largest absolute Gasteiger partial charge is 0.453 e. The van der Waals surface area contributed by atoms with E-state index in [1.165, 1.54) is 0 Å². The number of esters is 3. The second kappa shape index (κ2) is 9.35. The van der Waals surface area contributed by atoms with E-state index in [4.69, 9.17) is 0 Å². The second-order valence-electron chi connectivity index (χ2n) is 5.45. The molecule has 15 heteroatoms. The summed E-state index contributed by atoms with van der Waals surface area (Å²) in [7, 11) is 0. The van der Waals surface area contributed by atoms with Crippen LogP contribution in [0, 0.1) is 0 Å². The fraction of sp³-hybridized carbons (Fsp3) is 0.643. The van der Waals surface area contributed by atoms with Crippen molar-refractivity contribution in [2.75, 3.05) is 0 Å². The first-order valence-electron chi connectivity index (χ1n) is 7.23. The average Bonchev–Trinajstić information content (AvgIpc) is 2.47. The Kier molecular flexibility index (Phi) is 8.55. The molecule has 0 amide bonds. The van der Waals surface area contributed by atoms with Gasteiger partial charge in [0.05, 0.1) is 6.42 Å². The Bertz CT molecular complexity index is 621. The zero-order valence-corrected chi connectivity index (χ0v) is 14.5. The molecule has 2 unspecified atom stereocenters. The second-order valence-corrected chi connectivity index (χ2v) is 5.45. The SMILES string of the molecule is C=C(C)C(=O)OC(CC(=O)OC(C)C(F)(F)F)C(=O)OC(C(F)(F)F)C(F)(F)F. The van der Waals surface area contributed by atoms with Crippen LogP contribution in [0.15, 0.2) is 12.2 Å². The van der Waals surface area contributed by atoms with Gasteiger partial charge in [0.1, 0.15) is 0 Å². The first-order chi connectivity index (χ1) is 12.8. The Balaban J connectivity index is 5.55. The van der Waals surface area contributed by atoms with E-state index in [0.717, 1.165) is 6.92 Å². The zero-order chi connectivity index (χ0) is 23.4. The van der Waals surface area contributed by atoms with Gasteiger partial charge in [-0.25, -0.2) is 9.59 Å². The Morgan fingerprint density at radius 2 is 1.28 bits per heavy atom. The fourth-order valence-corrected chi connectivity index (χ4v) is 1.38. The van der Waals surface area contributed by atoms with Gasteiger partial charge in [0.15, 0.2) is 6.10 Å². The molecule has 0 aliphatic rings. The van der Waals surface area contributed by atoms with Crippen molar-refractivity contribution in [1.82, 2.24) is 0 Å². The third-order valence-corrected chi connectivity index (χ3v) is 2.81. The van der Waals surface area contributed by atoms with E-state index in [-0.39, 0.29) is 0 Å². The Morgan fingerprint density at radius 1 is 0.828 bits per heavy atom. The van der Waals surface area contributed by atoms with Crippen LogP contribution < -0.4 is 0 Å². The van der Waals surface area contributed by atoms with Gasteiger partial charge in [-0.1, -0.05) is 6.58 Å². The highest BCUT2D eigenvalue weighted by Gasteiger charge is 2.60. The number of carbonyl (C=O) groups excluding carboxylic acids is 3. The van der Waals surface area contributed by atoms with Gasteiger partial charge >= 0.3 is 36.4 Å². The van der Waals surface area contributed by atoms with Crippen molar-refractivity contribution in [3.63, 3.8) is 0 Å². The van der Waals surface area contributed by atoms with Gasteiger partial charge in [-0.3, -0.25) is 4.79 Å². The Hall–Kier alpha value is -2.48. The van der Waals surface area contributed by atoms with Crippen LogP contribution in [0.2, 0.25) is 0 Å². The summed E-state index contributed by atoms with van der Waals surface area (Å²) in [6.45, 7) is 4.33. The normalized spacial score (nSPS) is 14.8. The molecule has 0 aromatic heterocycles. The van der Waals surface area contributed by atoms with E-state index in [0.29, 0.717) is 6.92 Å². The van der Waals surface area contributed by atoms with Crippen molar-refractivity contribution >= 4 is 17.9 Å². The molecule has 0 spiro atoms. The Labute approximate surface area is 156 Å². The molecule has 0 aromatic carbocycles. The average molecular weight is 448 g/mol. The van der Waals surface area contributed by atoms with Crippen LogP contribution in [0.5, 0.6) is 0 Å². The Morgan fingerprint density at radius 3 is 1.62 bits per heavy atom. The molecule has 0 rings (SSSR count). The quantitative estimate of drug-likeness (QED) is 0.257. The third kappa shape index (κ3) is 9.04. The van der Waals surface area contributed by atoms with Gasteiger partial charge in [0.2, 0.25) is 6.10 Å². The molecule has 2 atom stereocenters. The van der Waals surface area contributed by atoms with Crippen molar-refractivity contribution in [2.45, 2.75) is 57.1 Å². The van der Waals surface area contributed by atoms with Crippen LogP contribution in [0.4, 0.5) is 39.5 Å². The van der Waals surface area contributed by atoms with Crippen molar-refractivity contribution in [3.8, 4) is 0 Å². The molecule has 0 saturated heterocycles. The van der Waals surface area contributed by atoms with E-state index in [1.54, 1.807) is 0 Å². The summed E-state index contributed by atoms with van der Waals surface area (Å²) < 4.78 is 123. The molecule has 0 aliphatic heterocycles. The minimum absolute atomic E-state index is 0.356. The summed E-state index contributed by atoms with van der Waals surface area (Å²) in [5.74, 6) is -5.95. The van der Waals surface area contributed by atoms with Crippen molar-refractivity contribution in [1.29, 1.82) is 0 Å². The highest BCUT2D eigenvalue weighted by atomic mass is 19.4. The number of hydrogen-bond acceptors (Lipinski definition) is 6. The molecule has 0 bridgehead atoms. The van der Waals surface area contributed by atoms with Crippen LogP contribution in [-0.2, 0) is 28.6 Å². The van der Waals surface area contributed by atoms with Gasteiger partial charge in [0, 0.05) is 5.57 Å². The summed E-state index contributed by atoms with van der Waals surface area (Å²) in [5.41, 5.74) is -0.497. The number of halogens is 9. The smallest absolute Gasteiger partial charge is 0.434 e. The first kappa shape index (κ1) is 26.5. The van der Waals surface area contributed by atoms with E-state index in [2.05, 4.69) is 20.8 Å². The predicted octanol–water partition coefficient (Wildman–Crippen LogP) is 3.39. The summed E-state index contributed by atoms with van der Waals surface area (Å²) in [4.78, 5) is 34.5. The summed E-state index contributed by atoms with van der Waals surface area (Å²) in [5, 5.41) is 0. The molecule has 0 radical (unpaired) electrons. The molecule has 0 heterocycles. The first-order valence-corrected chi connectivity index (χ1v) is 7.23. The van der Waals surface area contributed by atoms with Crippen molar-refractivity contribution in [2.24, 2.45) is 0 Å². The lowest BCUT2D eigenvalue weighted by atomic mass is 10.2. The van der Waals surface area contributed by atoms with Crippen LogP contribution in [-0.4, -0.2) is 54.7 Å². The fourth-order valence-electron chi connectivity index (χ4n) is 1.38. The molecule has 29 heavy (non-hydrogen) atoms. The molecule has 6 nitrogen and oxygen atoms in total. The number of ether oxygens (including phenoxy) is 3. The lowest BCUT2D eigenvalue weighted by molar-refractivity contribution is -0.315. The number of hydrogen-bond donors (Lipinski definition) is 0. The molecular formula is C14H13F9O6. The zero-order valence-electron chi connectivity index (χ0n) is 14.5. The van der Waals surface area contributed by atoms with Crippen LogP contribution >= 0.6 is 0 Å². The number of rotatable bonds is 7. The van der Waals surface area contributed by atoms with E-state index in [1.807, 2.05) is 0 Å². The van der Waals surface area contributed by atoms with Gasteiger partial charge in [-0.2, -0.15) is 39.5 Å². The summed E-state index contributed by atoms with van der Waals surface area (Å²) in [6.07, 6.45) is -29.1. The van der Waals surface area contributed by atoms with Crippen molar-refractivity contribution < 1.29 is 68.1 Å². The maximum absolute atomic E-state index is 12.5. The van der Waals surface area contributed by atoms with Gasteiger partial charge in [0.25, 0.3) is 6.10 Å². The van der Waals surface area contributed by atoms with Crippen molar-refractivity contribution in [3.05, 3.63) is 12.2 Å². The minimum Gasteiger partial charge on any atom is -0.453 e. The lowest BCUT2D eigenvalue weighted by Gasteiger charge is -2.25. The van der Waals surface area contributed by atoms with Gasteiger partial charge in [-0.15, -0.1) is 0 Å². The summed E-state index contributed by atoms with van der Waals surface area (Å²) >= 11 is 0. The third-order valence-electron chi connectivity index (χ3n) is 2.81. The maximum Gasteiger partial charge on any atom is 0.434 e. The van der Waals surface area contributed by atoms with E-state index >= 15 is 0 Å². The maximum atomic E-state index is 12.5. The molecular weight excluding hydrogens is 435 g/mol. The number of carbonyl (C=O) groups is 3. The standard InChI is InChI=1S/C14H13F9O6/c1-5(2)9(25)28-7(4-8(24)27-6(3)12(15,16)17)10(26)29-11(13(18,19)20)14(21,22)23/h6-7,11H,1,4H2,2-3H3. The molecule has 0 N–H and O–H groups in total. The monoisotopic (exact) mass is 448 g/mol.